The number of carbonyl (C=O) groups is 1. The van der Waals surface area contributed by atoms with Crippen LogP contribution in [0.2, 0.25) is 0 Å². The van der Waals surface area contributed by atoms with Crippen LogP contribution < -0.4 is 5.32 Å². The highest BCUT2D eigenvalue weighted by atomic mass is 16.4. The lowest BCUT2D eigenvalue weighted by Crippen LogP contribution is -2.10. The van der Waals surface area contributed by atoms with Crippen LogP contribution in [0.15, 0.2) is 71.4 Å². The standard InChI is InChI=1S/C27H27N3O2/c1-18-7-11-20(12-8-18)25-26(30(17-28-25)22-5-3-4-6-22)23-15-16-24(32-23)27(31)29-21-13-9-19(2)10-14-21/h7-17,22H,3-6H2,1-2H3,(H,29,31). The number of hydrogen-bond donors (Lipinski definition) is 1. The van der Waals surface area contributed by atoms with Crippen molar-refractivity contribution in [1.29, 1.82) is 0 Å². The average Bonchev–Trinajstić information content (AvgIpc) is 3.55. The molecule has 1 saturated carbocycles. The maximum absolute atomic E-state index is 12.8. The molecule has 0 saturated heterocycles. The van der Waals surface area contributed by atoms with Crippen LogP contribution in [0.1, 0.15) is 53.4 Å². The third kappa shape index (κ3) is 3.98. The highest BCUT2D eigenvalue weighted by Crippen LogP contribution is 2.39. The lowest BCUT2D eigenvalue weighted by molar-refractivity contribution is 0.0997. The molecule has 0 radical (unpaired) electrons. The predicted molar refractivity (Wildman–Crippen MR) is 127 cm³/mol. The van der Waals surface area contributed by atoms with Gasteiger partial charge in [0.2, 0.25) is 0 Å². The summed E-state index contributed by atoms with van der Waals surface area (Å²) in [5, 5.41) is 2.91. The van der Waals surface area contributed by atoms with Crippen LogP contribution >= 0.6 is 0 Å². The van der Waals surface area contributed by atoms with Crippen molar-refractivity contribution in [3.63, 3.8) is 0 Å². The molecule has 0 spiro atoms. The summed E-state index contributed by atoms with van der Waals surface area (Å²) in [4.78, 5) is 17.6. The van der Waals surface area contributed by atoms with Crippen molar-refractivity contribution in [2.75, 3.05) is 5.32 Å². The molecule has 0 aliphatic heterocycles. The summed E-state index contributed by atoms with van der Waals surface area (Å²) in [5.41, 5.74) is 5.97. The van der Waals surface area contributed by atoms with E-state index in [9.17, 15) is 4.79 Å². The lowest BCUT2D eigenvalue weighted by atomic mass is 10.1. The second kappa shape index (κ2) is 8.50. The molecule has 0 unspecified atom stereocenters. The van der Waals surface area contributed by atoms with Gasteiger partial charge in [-0.15, -0.1) is 0 Å². The largest absolute Gasteiger partial charge is 0.449 e. The fraction of sp³-hybridized carbons (Fsp3) is 0.259. The van der Waals surface area contributed by atoms with E-state index in [4.69, 9.17) is 9.40 Å². The van der Waals surface area contributed by atoms with E-state index in [1.54, 1.807) is 6.07 Å². The molecule has 1 N–H and O–H groups in total. The summed E-state index contributed by atoms with van der Waals surface area (Å²) in [6.45, 7) is 4.09. The van der Waals surface area contributed by atoms with Crippen molar-refractivity contribution >= 4 is 11.6 Å². The molecule has 1 amide bonds. The zero-order valence-corrected chi connectivity index (χ0v) is 18.5. The summed E-state index contributed by atoms with van der Waals surface area (Å²) in [7, 11) is 0. The number of aryl methyl sites for hydroxylation is 2. The van der Waals surface area contributed by atoms with E-state index in [2.05, 4.69) is 41.1 Å². The van der Waals surface area contributed by atoms with E-state index in [-0.39, 0.29) is 11.7 Å². The van der Waals surface area contributed by atoms with Gasteiger partial charge in [0.05, 0.1) is 12.0 Å². The molecule has 5 rings (SSSR count). The normalized spacial score (nSPS) is 14.1. The van der Waals surface area contributed by atoms with Gasteiger partial charge in [0.1, 0.15) is 5.69 Å². The first-order chi connectivity index (χ1) is 15.6. The molecular formula is C27H27N3O2. The van der Waals surface area contributed by atoms with E-state index in [1.165, 1.54) is 18.4 Å². The number of rotatable bonds is 5. The van der Waals surface area contributed by atoms with Crippen molar-refractivity contribution in [2.45, 2.75) is 45.6 Å². The summed E-state index contributed by atoms with van der Waals surface area (Å²) in [5.74, 6) is 0.692. The van der Waals surface area contributed by atoms with E-state index in [1.807, 2.05) is 43.6 Å². The Balaban J connectivity index is 1.50. The van der Waals surface area contributed by atoms with Crippen LogP contribution in [-0.4, -0.2) is 15.5 Å². The number of imidazole rings is 1. The van der Waals surface area contributed by atoms with Gasteiger partial charge in [0, 0.05) is 17.3 Å². The van der Waals surface area contributed by atoms with E-state index < -0.39 is 0 Å². The van der Waals surface area contributed by atoms with Crippen molar-refractivity contribution in [1.82, 2.24) is 9.55 Å². The smallest absolute Gasteiger partial charge is 0.291 e. The number of aromatic nitrogens is 2. The second-order valence-electron chi connectivity index (χ2n) is 8.64. The van der Waals surface area contributed by atoms with Crippen molar-refractivity contribution in [3.8, 4) is 22.7 Å². The quantitative estimate of drug-likeness (QED) is 0.383. The highest BCUT2D eigenvalue weighted by molar-refractivity contribution is 6.02. The first-order valence-corrected chi connectivity index (χ1v) is 11.2. The third-order valence-corrected chi connectivity index (χ3v) is 6.21. The fourth-order valence-corrected chi connectivity index (χ4v) is 4.40. The van der Waals surface area contributed by atoms with Gasteiger partial charge in [-0.2, -0.15) is 0 Å². The molecule has 4 aromatic rings. The molecule has 1 aliphatic rings. The Morgan fingerprint density at radius 1 is 0.938 bits per heavy atom. The number of nitrogens with zero attached hydrogens (tertiary/aromatic N) is 2. The minimum absolute atomic E-state index is 0.260. The Hall–Kier alpha value is -3.60. The maximum Gasteiger partial charge on any atom is 0.291 e. The molecule has 162 valence electrons. The van der Waals surface area contributed by atoms with Crippen LogP contribution in [0.5, 0.6) is 0 Å². The average molecular weight is 426 g/mol. The maximum atomic E-state index is 12.8. The molecule has 5 nitrogen and oxygen atoms in total. The number of amides is 1. The summed E-state index contributed by atoms with van der Waals surface area (Å²) >= 11 is 0. The minimum atomic E-state index is -0.260. The molecule has 0 atom stereocenters. The SMILES string of the molecule is Cc1ccc(NC(=O)c2ccc(-c3c(-c4ccc(C)cc4)ncn3C3CCCC3)o2)cc1. The van der Waals surface area contributed by atoms with Crippen LogP contribution in [0, 0.1) is 13.8 Å². The molecule has 32 heavy (non-hydrogen) atoms. The van der Waals surface area contributed by atoms with Gasteiger partial charge in [0.15, 0.2) is 11.5 Å². The van der Waals surface area contributed by atoms with Crippen LogP contribution in [0.25, 0.3) is 22.7 Å². The zero-order valence-electron chi connectivity index (χ0n) is 18.5. The second-order valence-corrected chi connectivity index (χ2v) is 8.64. The number of furan rings is 1. The molecule has 1 aliphatic carbocycles. The first kappa shape index (κ1) is 20.3. The van der Waals surface area contributed by atoms with Crippen molar-refractivity contribution in [2.24, 2.45) is 0 Å². The van der Waals surface area contributed by atoms with Crippen molar-refractivity contribution in [3.05, 3.63) is 83.9 Å². The summed E-state index contributed by atoms with van der Waals surface area (Å²) in [6, 6.07) is 20.1. The van der Waals surface area contributed by atoms with E-state index in [0.717, 1.165) is 41.0 Å². The monoisotopic (exact) mass is 425 g/mol. The number of hydrogen-bond acceptors (Lipinski definition) is 3. The van der Waals surface area contributed by atoms with Gasteiger partial charge in [-0.05, 0) is 51.0 Å². The number of anilines is 1. The van der Waals surface area contributed by atoms with Gasteiger partial charge in [-0.3, -0.25) is 4.79 Å². The van der Waals surface area contributed by atoms with Gasteiger partial charge in [-0.1, -0.05) is 60.4 Å². The lowest BCUT2D eigenvalue weighted by Gasteiger charge is -2.15. The molecule has 2 heterocycles. The topological polar surface area (TPSA) is 60.1 Å². The Morgan fingerprint density at radius 3 is 2.28 bits per heavy atom. The minimum Gasteiger partial charge on any atom is -0.449 e. The van der Waals surface area contributed by atoms with Gasteiger partial charge >= 0.3 is 0 Å². The van der Waals surface area contributed by atoms with Gasteiger partial charge in [-0.25, -0.2) is 4.98 Å². The van der Waals surface area contributed by atoms with E-state index >= 15 is 0 Å². The molecular weight excluding hydrogens is 398 g/mol. The Labute approximate surface area is 188 Å². The summed E-state index contributed by atoms with van der Waals surface area (Å²) < 4.78 is 8.34. The third-order valence-electron chi connectivity index (χ3n) is 6.21. The molecule has 0 bridgehead atoms. The summed E-state index contributed by atoms with van der Waals surface area (Å²) in [6.07, 6.45) is 6.65. The first-order valence-electron chi connectivity index (χ1n) is 11.2. The Bertz CT molecular complexity index is 1230. The van der Waals surface area contributed by atoms with Crippen molar-refractivity contribution < 1.29 is 9.21 Å². The van der Waals surface area contributed by atoms with Crippen LogP contribution in [-0.2, 0) is 0 Å². The van der Waals surface area contributed by atoms with E-state index in [0.29, 0.717) is 11.8 Å². The molecule has 2 aromatic heterocycles. The fourth-order valence-electron chi connectivity index (χ4n) is 4.40. The highest BCUT2D eigenvalue weighted by Gasteiger charge is 2.25. The molecule has 1 fully saturated rings. The Kier molecular flexibility index (Phi) is 5.39. The number of carbonyl (C=O) groups excluding carboxylic acids is 1. The van der Waals surface area contributed by atoms with Crippen LogP contribution in [0.4, 0.5) is 5.69 Å². The molecule has 2 aromatic carbocycles. The molecule has 5 heteroatoms. The zero-order chi connectivity index (χ0) is 22.1. The van der Waals surface area contributed by atoms with Gasteiger partial charge in [0.25, 0.3) is 5.91 Å². The Morgan fingerprint density at radius 2 is 1.59 bits per heavy atom. The number of benzene rings is 2. The predicted octanol–water partition coefficient (Wildman–Crippen LogP) is 6.79. The van der Waals surface area contributed by atoms with Gasteiger partial charge < -0.3 is 14.3 Å². The number of nitrogens with one attached hydrogen (secondary N) is 1. The van der Waals surface area contributed by atoms with Crippen LogP contribution in [0.3, 0.4) is 0 Å².